The average Bonchev–Trinajstić information content (AvgIpc) is 2.56. The third-order valence-electron chi connectivity index (χ3n) is 3.78. The van der Waals surface area contributed by atoms with Crippen LogP contribution < -0.4 is 0 Å². The minimum atomic E-state index is -1.38. The number of aryl methyl sites for hydroxylation is 1. The van der Waals surface area contributed by atoms with Gasteiger partial charge in [0.25, 0.3) is 0 Å². The monoisotopic (exact) mass is 335 g/mol. The summed E-state index contributed by atoms with van der Waals surface area (Å²) in [5.41, 5.74) is 2.36. The standard InChI is InChI=1S/C18H22FNO4/c1-3-23-17(21)10-15-8-9-20(11-16(15)19)18(22)24-12-14-6-4-13(2)5-7-14/h4-7,10,16H,3,8-9,11-12H2,1-2H3/b15-10+. The van der Waals surface area contributed by atoms with Crippen molar-refractivity contribution < 1.29 is 23.5 Å². The largest absolute Gasteiger partial charge is 0.463 e. The number of carbonyl (C=O) groups excluding carboxylic acids is 2. The zero-order valence-corrected chi connectivity index (χ0v) is 14.0. The number of esters is 1. The number of likely N-dealkylation sites (tertiary alicyclic amines) is 1. The Bertz CT molecular complexity index is 612. The van der Waals surface area contributed by atoms with Crippen LogP contribution in [-0.4, -0.2) is 42.8 Å². The Hall–Kier alpha value is -2.37. The van der Waals surface area contributed by atoms with E-state index in [9.17, 15) is 14.0 Å². The lowest BCUT2D eigenvalue weighted by atomic mass is 10.0. The van der Waals surface area contributed by atoms with E-state index in [0.29, 0.717) is 18.5 Å². The first-order chi connectivity index (χ1) is 11.5. The van der Waals surface area contributed by atoms with Crippen LogP contribution in [-0.2, 0) is 20.9 Å². The summed E-state index contributed by atoms with van der Waals surface area (Å²) in [5.74, 6) is -0.550. The molecule has 1 unspecified atom stereocenters. The number of alkyl halides is 1. The predicted octanol–water partition coefficient (Wildman–Crippen LogP) is 3.16. The molecule has 0 N–H and O–H groups in total. The predicted molar refractivity (Wildman–Crippen MR) is 87.2 cm³/mol. The van der Waals surface area contributed by atoms with Crippen molar-refractivity contribution in [2.75, 3.05) is 19.7 Å². The topological polar surface area (TPSA) is 55.8 Å². The van der Waals surface area contributed by atoms with E-state index in [1.54, 1.807) is 6.92 Å². The van der Waals surface area contributed by atoms with E-state index in [-0.39, 0.29) is 19.8 Å². The number of amides is 1. The molecule has 0 aromatic heterocycles. The van der Waals surface area contributed by atoms with E-state index in [1.807, 2.05) is 31.2 Å². The second-order valence-electron chi connectivity index (χ2n) is 5.68. The first-order valence-electron chi connectivity index (χ1n) is 7.98. The highest BCUT2D eigenvalue weighted by molar-refractivity contribution is 5.83. The van der Waals surface area contributed by atoms with Crippen LogP contribution >= 0.6 is 0 Å². The van der Waals surface area contributed by atoms with E-state index in [2.05, 4.69) is 0 Å². The summed E-state index contributed by atoms with van der Waals surface area (Å²) in [5, 5.41) is 0. The van der Waals surface area contributed by atoms with E-state index in [0.717, 1.165) is 11.1 Å². The summed E-state index contributed by atoms with van der Waals surface area (Å²) in [6.45, 7) is 4.27. The van der Waals surface area contributed by atoms with Gasteiger partial charge in [-0.15, -0.1) is 0 Å². The van der Waals surface area contributed by atoms with Gasteiger partial charge in [0.05, 0.1) is 13.2 Å². The molecule has 1 heterocycles. The highest BCUT2D eigenvalue weighted by Gasteiger charge is 2.28. The Morgan fingerprint density at radius 1 is 1.29 bits per heavy atom. The van der Waals surface area contributed by atoms with Crippen molar-refractivity contribution in [2.24, 2.45) is 0 Å². The van der Waals surface area contributed by atoms with Gasteiger partial charge in [-0.1, -0.05) is 29.8 Å². The van der Waals surface area contributed by atoms with Gasteiger partial charge in [0.1, 0.15) is 12.8 Å². The molecule has 130 valence electrons. The molecule has 0 bridgehead atoms. The third-order valence-corrected chi connectivity index (χ3v) is 3.78. The molecule has 1 atom stereocenters. The number of hydrogen-bond donors (Lipinski definition) is 0. The van der Waals surface area contributed by atoms with E-state index < -0.39 is 18.2 Å². The number of nitrogens with zero attached hydrogens (tertiary/aromatic N) is 1. The number of benzene rings is 1. The fourth-order valence-corrected chi connectivity index (χ4v) is 2.41. The number of halogens is 1. The summed E-state index contributed by atoms with van der Waals surface area (Å²) in [4.78, 5) is 24.7. The maximum absolute atomic E-state index is 14.1. The summed E-state index contributed by atoms with van der Waals surface area (Å²) in [7, 11) is 0. The number of rotatable bonds is 4. The van der Waals surface area contributed by atoms with Crippen molar-refractivity contribution in [2.45, 2.75) is 33.0 Å². The molecule has 1 saturated heterocycles. The molecule has 1 amide bonds. The van der Waals surface area contributed by atoms with Gasteiger partial charge in [-0.25, -0.2) is 14.0 Å². The van der Waals surface area contributed by atoms with Crippen LogP contribution in [0.3, 0.4) is 0 Å². The maximum Gasteiger partial charge on any atom is 0.410 e. The average molecular weight is 335 g/mol. The van der Waals surface area contributed by atoms with Crippen LogP contribution in [0.15, 0.2) is 35.9 Å². The smallest absolute Gasteiger partial charge is 0.410 e. The molecule has 1 aliphatic rings. The molecule has 1 aliphatic heterocycles. The molecule has 1 aromatic carbocycles. The van der Waals surface area contributed by atoms with Gasteiger partial charge < -0.3 is 14.4 Å². The van der Waals surface area contributed by atoms with Gasteiger partial charge in [0.2, 0.25) is 0 Å². The SMILES string of the molecule is CCOC(=O)/C=C1\CCN(C(=O)OCc2ccc(C)cc2)CC1F. The van der Waals surface area contributed by atoms with E-state index >= 15 is 0 Å². The van der Waals surface area contributed by atoms with Crippen molar-refractivity contribution in [3.8, 4) is 0 Å². The molecular weight excluding hydrogens is 313 g/mol. The van der Waals surface area contributed by atoms with Gasteiger partial charge in [-0.2, -0.15) is 0 Å². The first kappa shape index (κ1) is 18.0. The molecule has 0 spiro atoms. The highest BCUT2D eigenvalue weighted by atomic mass is 19.1. The molecular formula is C18H22FNO4. The van der Waals surface area contributed by atoms with Crippen molar-refractivity contribution >= 4 is 12.1 Å². The molecule has 24 heavy (non-hydrogen) atoms. The Balaban J connectivity index is 1.84. The van der Waals surface area contributed by atoms with Crippen LogP contribution in [0.2, 0.25) is 0 Å². The van der Waals surface area contributed by atoms with Gasteiger partial charge in [0, 0.05) is 12.6 Å². The highest BCUT2D eigenvalue weighted by Crippen LogP contribution is 2.21. The van der Waals surface area contributed by atoms with Crippen LogP contribution in [0.25, 0.3) is 0 Å². The minimum absolute atomic E-state index is 0.113. The molecule has 0 aliphatic carbocycles. The zero-order chi connectivity index (χ0) is 17.5. The van der Waals surface area contributed by atoms with Gasteiger partial charge in [-0.05, 0) is 31.4 Å². The fraction of sp³-hybridized carbons (Fsp3) is 0.444. The van der Waals surface area contributed by atoms with E-state index in [4.69, 9.17) is 9.47 Å². The lowest BCUT2D eigenvalue weighted by Gasteiger charge is -2.30. The Morgan fingerprint density at radius 2 is 2.00 bits per heavy atom. The van der Waals surface area contributed by atoms with Crippen molar-refractivity contribution in [1.82, 2.24) is 4.90 Å². The second-order valence-corrected chi connectivity index (χ2v) is 5.68. The molecule has 1 fully saturated rings. The number of piperidine rings is 1. The number of hydrogen-bond acceptors (Lipinski definition) is 4. The third kappa shape index (κ3) is 5.08. The van der Waals surface area contributed by atoms with Crippen LogP contribution in [0, 0.1) is 6.92 Å². The number of carbonyl (C=O) groups is 2. The van der Waals surface area contributed by atoms with E-state index in [1.165, 1.54) is 11.0 Å². The van der Waals surface area contributed by atoms with Crippen LogP contribution in [0.1, 0.15) is 24.5 Å². The molecule has 6 heteroatoms. The van der Waals surface area contributed by atoms with Crippen molar-refractivity contribution in [3.05, 3.63) is 47.0 Å². The lowest BCUT2D eigenvalue weighted by Crippen LogP contribution is -2.42. The van der Waals surface area contributed by atoms with Gasteiger partial charge >= 0.3 is 12.1 Å². The van der Waals surface area contributed by atoms with Crippen LogP contribution in [0.4, 0.5) is 9.18 Å². The summed E-state index contributed by atoms with van der Waals surface area (Å²) >= 11 is 0. The minimum Gasteiger partial charge on any atom is -0.463 e. The molecule has 2 rings (SSSR count). The summed E-state index contributed by atoms with van der Waals surface area (Å²) in [6.07, 6.45) is -0.452. The van der Waals surface area contributed by atoms with Gasteiger partial charge in [-0.3, -0.25) is 0 Å². The first-order valence-corrected chi connectivity index (χ1v) is 7.98. The van der Waals surface area contributed by atoms with Crippen molar-refractivity contribution in [1.29, 1.82) is 0 Å². The zero-order valence-electron chi connectivity index (χ0n) is 14.0. The normalized spacial score (nSPS) is 19.2. The Labute approximate surface area is 141 Å². The Morgan fingerprint density at radius 3 is 2.62 bits per heavy atom. The van der Waals surface area contributed by atoms with Crippen molar-refractivity contribution in [3.63, 3.8) is 0 Å². The lowest BCUT2D eigenvalue weighted by molar-refractivity contribution is -0.137. The number of ether oxygens (including phenoxy) is 2. The fourth-order valence-electron chi connectivity index (χ4n) is 2.41. The summed E-state index contributed by atoms with van der Waals surface area (Å²) in [6, 6.07) is 7.65. The maximum atomic E-state index is 14.1. The molecule has 0 saturated carbocycles. The Kier molecular flexibility index (Phi) is 6.35. The van der Waals surface area contributed by atoms with Gasteiger partial charge in [0.15, 0.2) is 0 Å². The van der Waals surface area contributed by atoms with Crippen LogP contribution in [0.5, 0.6) is 0 Å². The molecule has 5 nitrogen and oxygen atoms in total. The molecule has 0 radical (unpaired) electrons. The molecule has 1 aromatic rings. The summed E-state index contributed by atoms with van der Waals surface area (Å²) < 4.78 is 24.1. The second kappa shape index (κ2) is 8.47. The quantitative estimate of drug-likeness (QED) is 0.626.